The van der Waals surface area contributed by atoms with Crippen LogP contribution in [-0.4, -0.2) is 37.0 Å². The van der Waals surface area contributed by atoms with Crippen LogP contribution in [0.15, 0.2) is 22.0 Å². The van der Waals surface area contributed by atoms with E-state index in [1.165, 1.54) is 11.7 Å². The Morgan fingerprint density at radius 2 is 2.00 bits per heavy atom. The lowest BCUT2D eigenvalue weighted by Crippen LogP contribution is -2.34. The number of fused-ring (bicyclic) bond motifs is 1. The van der Waals surface area contributed by atoms with E-state index in [0.29, 0.717) is 12.5 Å². The van der Waals surface area contributed by atoms with Crippen molar-refractivity contribution < 1.29 is 23.1 Å². The Morgan fingerprint density at radius 1 is 1.38 bits per heavy atom. The van der Waals surface area contributed by atoms with Crippen molar-refractivity contribution >= 4 is 35.0 Å². The summed E-state index contributed by atoms with van der Waals surface area (Å²) in [6, 6.07) is 1.51. The number of amides is 1. The van der Waals surface area contributed by atoms with E-state index in [0.717, 1.165) is 22.8 Å². The van der Waals surface area contributed by atoms with Crippen molar-refractivity contribution in [2.24, 2.45) is 0 Å². The van der Waals surface area contributed by atoms with E-state index in [2.05, 4.69) is 0 Å². The van der Waals surface area contributed by atoms with Gasteiger partial charge in [-0.1, -0.05) is 0 Å². The van der Waals surface area contributed by atoms with Gasteiger partial charge in [0.2, 0.25) is 11.8 Å². The van der Waals surface area contributed by atoms with Crippen LogP contribution in [0.2, 0.25) is 0 Å². The van der Waals surface area contributed by atoms with Crippen molar-refractivity contribution in [2.75, 3.05) is 24.9 Å². The van der Waals surface area contributed by atoms with Gasteiger partial charge in [0.25, 0.3) is 0 Å². The van der Waals surface area contributed by atoms with Crippen LogP contribution >= 0.6 is 11.8 Å². The number of esters is 1. The Hall–Kier alpha value is -2.42. The molecule has 0 aliphatic carbocycles. The zero-order valence-corrected chi connectivity index (χ0v) is 13.9. The predicted octanol–water partition coefficient (Wildman–Crippen LogP) is 1.90. The molecule has 2 aromatic rings. The lowest BCUT2D eigenvalue weighted by atomic mass is 10.1. The summed E-state index contributed by atoms with van der Waals surface area (Å²) in [7, 11) is 1.35. The van der Waals surface area contributed by atoms with Crippen LogP contribution in [0.25, 0.3) is 10.9 Å². The van der Waals surface area contributed by atoms with Crippen molar-refractivity contribution in [3.63, 3.8) is 0 Å². The van der Waals surface area contributed by atoms with Crippen LogP contribution < -0.4 is 10.4 Å². The molecule has 9 heteroatoms. The van der Waals surface area contributed by atoms with Gasteiger partial charge in [-0.25, -0.2) is 18.3 Å². The molecule has 0 saturated heterocycles. The SMILES string of the molecule is CCOC(=O)c1c(SC)n(N(C)C=O)c2cc(F)c(F)cc2c1=O. The number of carbonyl (C=O) groups is 2. The van der Waals surface area contributed by atoms with Crippen molar-refractivity contribution in [1.29, 1.82) is 0 Å². The molecule has 0 spiro atoms. The molecule has 0 aliphatic heterocycles. The highest BCUT2D eigenvalue weighted by Gasteiger charge is 2.25. The summed E-state index contributed by atoms with van der Waals surface area (Å²) in [6.07, 6.45) is 2.00. The maximum absolute atomic E-state index is 13.6. The summed E-state index contributed by atoms with van der Waals surface area (Å²) >= 11 is 1.00. The number of thioether (sulfide) groups is 1. The molecule has 0 atom stereocenters. The summed E-state index contributed by atoms with van der Waals surface area (Å²) in [4.78, 5) is 36.0. The highest BCUT2D eigenvalue weighted by molar-refractivity contribution is 7.98. The molecule has 1 aromatic carbocycles. The Kier molecular flexibility index (Phi) is 5.23. The second-order valence-corrected chi connectivity index (χ2v) is 5.50. The molecule has 0 N–H and O–H groups in total. The lowest BCUT2D eigenvalue weighted by Gasteiger charge is -2.23. The van der Waals surface area contributed by atoms with Gasteiger partial charge in [-0.2, -0.15) is 0 Å². The second kappa shape index (κ2) is 7.00. The van der Waals surface area contributed by atoms with E-state index in [4.69, 9.17) is 4.74 Å². The summed E-state index contributed by atoms with van der Waals surface area (Å²) in [5.74, 6) is -3.30. The fraction of sp³-hybridized carbons (Fsp3) is 0.267. The van der Waals surface area contributed by atoms with Crippen molar-refractivity contribution in [2.45, 2.75) is 11.9 Å². The third-order valence-electron chi connectivity index (χ3n) is 3.29. The third kappa shape index (κ3) is 2.86. The van der Waals surface area contributed by atoms with Gasteiger partial charge in [-0.05, 0) is 19.2 Å². The maximum atomic E-state index is 13.6. The van der Waals surface area contributed by atoms with Gasteiger partial charge in [0.05, 0.1) is 17.5 Å². The molecule has 1 amide bonds. The highest BCUT2D eigenvalue weighted by atomic mass is 32.2. The monoisotopic (exact) mass is 356 g/mol. The zero-order valence-electron chi connectivity index (χ0n) is 13.1. The van der Waals surface area contributed by atoms with Crippen LogP contribution in [0.1, 0.15) is 17.3 Å². The molecule has 2 rings (SSSR count). The first-order valence-corrected chi connectivity index (χ1v) is 8.07. The van der Waals surface area contributed by atoms with Crippen LogP contribution in [-0.2, 0) is 9.53 Å². The topological polar surface area (TPSA) is 68.6 Å². The Morgan fingerprint density at radius 3 is 2.54 bits per heavy atom. The van der Waals surface area contributed by atoms with E-state index in [1.807, 2.05) is 0 Å². The zero-order chi connectivity index (χ0) is 18.0. The minimum absolute atomic E-state index is 0.0332. The smallest absolute Gasteiger partial charge is 0.344 e. The molecule has 0 unspecified atom stereocenters. The van der Waals surface area contributed by atoms with E-state index < -0.39 is 23.0 Å². The fourth-order valence-corrected chi connectivity index (χ4v) is 3.05. The molecular formula is C15H14F2N2O4S. The van der Waals surface area contributed by atoms with E-state index in [-0.39, 0.29) is 28.1 Å². The van der Waals surface area contributed by atoms with Gasteiger partial charge in [0, 0.05) is 13.1 Å². The van der Waals surface area contributed by atoms with Gasteiger partial charge in [0.15, 0.2) is 11.6 Å². The number of halogens is 2. The summed E-state index contributed by atoms with van der Waals surface area (Å²) < 4.78 is 33.3. The van der Waals surface area contributed by atoms with Gasteiger partial charge < -0.3 is 4.74 Å². The second-order valence-electron chi connectivity index (χ2n) is 4.71. The molecule has 128 valence electrons. The molecule has 1 heterocycles. The Labute approximate surface area is 140 Å². The van der Waals surface area contributed by atoms with Gasteiger partial charge in [-0.15, -0.1) is 11.8 Å². The molecular weight excluding hydrogens is 342 g/mol. The minimum atomic E-state index is -1.23. The van der Waals surface area contributed by atoms with Crippen molar-refractivity contribution in [3.05, 3.63) is 39.6 Å². The van der Waals surface area contributed by atoms with Gasteiger partial charge in [-0.3, -0.25) is 14.6 Å². The molecule has 0 bridgehead atoms. The Balaban J connectivity index is 3.05. The number of rotatable bonds is 5. The van der Waals surface area contributed by atoms with Crippen molar-refractivity contribution in [1.82, 2.24) is 4.68 Å². The maximum Gasteiger partial charge on any atom is 0.344 e. The number of nitrogens with zero attached hydrogens (tertiary/aromatic N) is 2. The van der Waals surface area contributed by atoms with Crippen molar-refractivity contribution in [3.8, 4) is 0 Å². The normalized spacial score (nSPS) is 10.7. The predicted molar refractivity (Wildman–Crippen MR) is 86.1 cm³/mol. The molecule has 1 aromatic heterocycles. The minimum Gasteiger partial charge on any atom is -0.462 e. The van der Waals surface area contributed by atoms with Crippen LogP contribution in [0, 0.1) is 11.6 Å². The first-order valence-electron chi connectivity index (χ1n) is 6.84. The number of ether oxygens (including phenoxy) is 1. The molecule has 0 fully saturated rings. The highest BCUT2D eigenvalue weighted by Crippen LogP contribution is 2.26. The third-order valence-corrected chi connectivity index (χ3v) is 4.05. The largest absolute Gasteiger partial charge is 0.462 e. The first-order chi connectivity index (χ1) is 11.4. The van der Waals surface area contributed by atoms with Gasteiger partial charge in [0.1, 0.15) is 10.6 Å². The summed E-state index contributed by atoms with van der Waals surface area (Å²) in [6.45, 7) is 1.61. The van der Waals surface area contributed by atoms with Crippen LogP contribution in [0.5, 0.6) is 0 Å². The van der Waals surface area contributed by atoms with Crippen LogP contribution in [0.3, 0.4) is 0 Å². The average molecular weight is 356 g/mol. The standard InChI is InChI=1S/C15H14F2N2O4S/c1-4-23-15(22)12-13(21)8-5-9(16)10(17)6-11(8)19(14(12)24-3)18(2)7-20/h5-7H,4H2,1-3H3. The Bertz CT molecular complexity index is 882. The van der Waals surface area contributed by atoms with Gasteiger partial charge >= 0.3 is 5.97 Å². The van der Waals surface area contributed by atoms with Crippen LogP contribution in [0.4, 0.5) is 8.78 Å². The number of benzene rings is 1. The molecule has 0 radical (unpaired) electrons. The van der Waals surface area contributed by atoms with E-state index in [9.17, 15) is 23.2 Å². The number of hydrogen-bond acceptors (Lipinski definition) is 5. The summed E-state index contributed by atoms with van der Waals surface area (Å²) in [5.41, 5.74) is -1.16. The number of aromatic nitrogens is 1. The number of hydrogen-bond donors (Lipinski definition) is 0. The molecule has 24 heavy (non-hydrogen) atoms. The average Bonchev–Trinajstić information content (AvgIpc) is 2.55. The fourth-order valence-electron chi connectivity index (χ4n) is 2.27. The van der Waals surface area contributed by atoms with E-state index in [1.54, 1.807) is 13.2 Å². The first kappa shape index (κ1) is 17.9. The quantitative estimate of drug-likeness (QED) is 0.465. The number of carbonyl (C=O) groups excluding carboxylic acids is 2. The summed E-state index contributed by atoms with van der Waals surface area (Å²) in [5, 5.41) is 0.878. The molecule has 0 aliphatic rings. The lowest BCUT2D eigenvalue weighted by molar-refractivity contribution is -0.108. The van der Waals surface area contributed by atoms with E-state index >= 15 is 0 Å². The molecule has 0 saturated carbocycles. The molecule has 6 nitrogen and oxygen atoms in total. The number of pyridine rings is 1.